The van der Waals surface area contributed by atoms with Gasteiger partial charge in [-0.05, 0) is 7.05 Å². The largest absolute Gasteiger partial charge is 0.490 e. The Bertz CT molecular complexity index is 1260. The quantitative estimate of drug-likeness (QED) is 0.242. The number of alkyl halides is 4. The van der Waals surface area contributed by atoms with E-state index in [1.807, 2.05) is 11.9 Å². The number of nitrogens with zero attached hydrogens (tertiary/aromatic N) is 4. The third-order valence-corrected chi connectivity index (χ3v) is 5.56. The van der Waals surface area contributed by atoms with Gasteiger partial charge in [0.25, 0.3) is 11.6 Å². The fourth-order valence-electron chi connectivity index (χ4n) is 3.63. The van der Waals surface area contributed by atoms with Crippen molar-refractivity contribution in [2.75, 3.05) is 44.8 Å². The van der Waals surface area contributed by atoms with Crippen LogP contribution in [0.5, 0.6) is 0 Å². The van der Waals surface area contributed by atoms with Crippen LogP contribution in [0.15, 0.2) is 24.4 Å². The fourth-order valence-corrected chi connectivity index (χ4v) is 3.63. The van der Waals surface area contributed by atoms with Crippen molar-refractivity contribution < 1.29 is 51.9 Å². The van der Waals surface area contributed by atoms with E-state index in [2.05, 4.69) is 15.2 Å². The predicted octanol–water partition coefficient (Wildman–Crippen LogP) is 1.64. The topological polar surface area (TPSA) is 183 Å². The highest BCUT2D eigenvalue weighted by molar-refractivity contribution is 6.10. The van der Waals surface area contributed by atoms with Crippen LogP contribution >= 0.6 is 0 Å². The van der Waals surface area contributed by atoms with Crippen molar-refractivity contribution in [3.8, 4) is 0 Å². The highest BCUT2D eigenvalue weighted by Gasteiger charge is 2.38. The number of likely N-dealkylation sites (N-methyl/N-ethyl adjacent to an activating group) is 1. The average molecular weight is 561 g/mol. The van der Waals surface area contributed by atoms with Gasteiger partial charge in [0.1, 0.15) is 18.2 Å². The maximum atomic E-state index is 13.1. The van der Waals surface area contributed by atoms with E-state index in [9.17, 15) is 42.1 Å². The number of benzene rings is 1. The molecular formula is C22H23F4N5O8. The molecule has 39 heavy (non-hydrogen) atoms. The molecule has 1 atom stereocenters. The molecular weight excluding hydrogens is 538 g/mol. The summed E-state index contributed by atoms with van der Waals surface area (Å²) in [7, 11) is 1.94. The number of rotatable bonds is 8. The van der Waals surface area contributed by atoms with Gasteiger partial charge < -0.3 is 25.3 Å². The van der Waals surface area contributed by atoms with Gasteiger partial charge in [-0.2, -0.15) is 13.2 Å². The number of carboxylic acids is 2. The normalized spacial score (nSPS) is 14.6. The second kappa shape index (κ2) is 12.9. The first-order valence-corrected chi connectivity index (χ1v) is 11.1. The molecule has 2 heterocycles. The number of nitrogens with one attached hydrogen (secondary N) is 1. The number of ketones is 1. The SMILES string of the molecule is CN1CCN(c2c(C(=O)NC(CC(=O)O)C(=O)CF)cnc3c([N+](=O)[O-])cccc23)CC1.O=C(O)C(F)(F)F. The third kappa shape index (κ3) is 8.03. The summed E-state index contributed by atoms with van der Waals surface area (Å²) in [5.41, 5.74) is 0.293. The minimum atomic E-state index is -5.08. The third-order valence-electron chi connectivity index (χ3n) is 5.56. The monoisotopic (exact) mass is 561 g/mol. The van der Waals surface area contributed by atoms with Crippen LogP contribution in [0.3, 0.4) is 0 Å². The summed E-state index contributed by atoms with van der Waals surface area (Å²) in [5, 5.41) is 30.2. The van der Waals surface area contributed by atoms with Gasteiger partial charge in [-0.25, -0.2) is 14.2 Å². The average Bonchev–Trinajstić information content (AvgIpc) is 2.86. The molecule has 1 aliphatic rings. The van der Waals surface area contributed by atoms with Crippen LogP contribution < -0.4 is 10.2 Å². The van der Waals surface area contributed by atoms with Gasteiger partial charge in [0.05, 0.1) is 22.6 Å². The van der Waals surface area contributed by atoms with Crippen molar-refractivity contribution in [2.24, 2.45) is 0 Å². The molecule has 0 spiro atoms. The van der Waals surface area contributed by atoms with E-state index in [0.717, 1.165) is 6.20 Å². The lowest BCUT2D eigenvalue weighted by Crippen LogP contribution is -2.46. The number of para-hydroxylation sites is 1. The summed E-state index contributed by atoms with van der Waals surface area (Å²) in [6, 6.07) is 2.86. The number of carbonyl (C=O) groups excluding carboxylic acids is 2. The highest BCUT2D eigenvalue weighted by atomic mass is 19.4. The van der Waals surface area contributed by atoms with Gasteiger partial charge in [-0.1, -0.05) is 12.1 Å². The molecule has 0 bridgehead atoms. The van der Waals surface area contributed by atoms with Crippen molar-refractivity contribution >= 4 is 45.9 Å². The van der Waals surface area contributed by atoms with Gasteiger partial charge >= 0.3 is 18.1 Å². The Morgan fingerprint density at radius 2 is 1.74 bits per heavy atom. The first-order valence-electron chi connectivity index (χ1n) is 11.1. The Labute approximate surface area is 217 Å². The van der Waals surface area contributed by atoms with Crippen LogP contribution in [0.2, 0.25) is 0 Å². The molecule has 1 aliphatic heterocycles. The van der Waals surface area contributed by atoms with Crippen LogP contribution in [0.1, 0.15) is 16.8 Å². The number of anilines is 1. The van der Waals surface area contributed by atoms with Crippen molar-refractivity contribution in [3.05, 3.63) is 40.1 Å². The number of non-ortho nitro benzene ring substituents is 1. The Morgan fingerprint density at radius 1 is 1.15 bits per heavy atom. The number of nitro benzene ring substituents is 1. The van der Waals surface area contributed by atoms with Crippen molar-refractivity contribution in [1.82, 2.24) is 15.2 Å². The minimum Gasteiger partial charge on any atom is -0.481 e. The van der Waals surface area contributed by atoms with Crippen LogP contribution in [-0.4, -0.2) is 101 Å². The van der Waals surface area contributed by atoms with E-state index >= 15 is 0 Å². The van der Waals surface area contributed by atoms with E-state index in [1.54, 1.807) is 6.07 Å². The second-order valence-electron chi connectivity index (χ2n) is 8.27. The summed E-state index contributed by atoms with van der Waals surface area (Å²) in [5.74, 6) is -6.00. The van der Waals surface area contributed by atoms with E-state index in [-0.39, 0.29) is 16.8 Å². The number of amides is 1. The summed E-state index contributed by atoms with van der Waals surface area (Å²) in [6.45, 7) is 0.996. The predicted molar refractivity (Wildman–Crippen MR) is 126 cm³/mol. The number of halogens is 4. The van der Waals surface area contributed by atoms with E-state index < -0.39 is 53.9 Å². The van der Waals surface area contributed by atoms with Gasteiger partial charge in [0, 0.05) is 43.8 Å². The number of nitro groups is 1. The lowest BCUT2D eigenvalue weighted by molar-refractivity contribution is -0.383. The highest BCUT2D eigenvalue weighted by Crippen LogP contribution is 2.34. The zero-order valence-electron chi connectivity index (χ0n) is 20.3. The minimum absolute atomic E-state index is 0.0181. The molecule has 0 aliphatic carbocycles. The molecule has 13 nitrogen and oxygen atoms in total. The molecule has 1 unspecified atom stereocenters. The van der Waals surface area contributed by atoms with Crippen LogP contribution in [0.25, 0.3) is 10.9 Å². The summed E-state index contributed by atoms with van der Waals surface area (Å²) in [6.07, 6.45) is -4.69. The number of pyridine rings is 1. The number of aromatic nitrogens is 1. The number of hydrogen-bond acceptors (Lipinski definition) is 9. The number of Topliss-reactive ketones (excluding diaryl/α,β-unsaturated/α-hetero) is 1. The number of carbonyl (C=O) groups is 4. The molecule has 1 fully saturated rings. The fraction of sp³-hybridized carbons (Fsp3) is 0.409. The second-order valence-corrected chi connectivity index (χ2v) is 8.27. The summed E-state index contributed by atoms with van der Waals surface area (Å²) in [4.78, 5) is 63.8. The summed E-state index contributed by atoms with van der Waals surface area (Å²) < 4.78 is 44.6. The van der Waals surface area contributed by atoms with E-state index in [0.29, 0.717) is 37.3 Å². The molecule has 212 valence electrons. The lowest BCUT2D eigenvalue weighted by atomic mass is 10.0. The van der Waals surface area contributed by atoms with E-state index in [1.165, 1.54) is 12.1 Å². The number of aliphatic carboxylic acids is 2. The standard InChI is InChI=1S/C20H22FN5O6.C2HF3O2/c1-24-5-7-25(8-6-24)19-12-3-2-4-15(26(31)32)18(12)22-11-13(19)20(30)23-14(9-17(28)29)16(27)10-21;3-2(4,5)1(6)7/h2-4,11,14H,5-10H2,1H3,(H,23,30)(H,28,29);(H,6,7). The molecule has 3 rings (SSSR count). The van der Waals surface area contributed by atoms with Gasteiger partial charge in [-0.3, -0.25) is 24.5 Å². The smallest absolute Gasteiger partial charge is 0.481 e. The van der Waals surface area contributed by atoms with E-state index in [4.69, 9.17) is 15.0 Å². The number of carboxylic acid groups (broad SMARTS) is 2. The molecule has 17 heteroatoms. The first kappa shape index (κ1) is 30.8. The maximum Gasteiger partial charge on any atom is 0.490 e. The molecule has 1 saturated heterocycles. The summed E-state index contributed by atoms with van der Waals surface area (Å²) >= 11 is 0. The maximum absolute atomic E-state index is 13.1. The van der Waals surface area contributed by atoms with Gasteiger partial charge in [-0.15, -0.1) is 0 Å². The first-order chi connectivity index (χ1) is 18.2. The Hall–Kier alpha value is -4.41. The molecule has 0 saturated carbocycles. The lowest BCUT2D eigenvalue weighted by Gasteiger charge is -2.35. The Balaban J connectivity index is 0.000000673. The molecule has 1 amide bonds. The van der Waals surface area contributed by atoms with Gasteiger partial charge in [0.2, 0.25) is 0 Å². The van der Waals surface area contributed by atoms with Crippen LogP contribution in [0, 0.1) is 10.1 Å². The Morgan fingerprint density at radius 3 is 2.23 bits per heavy atom. The molecule has 1 aromatic carbocycles. The zero-order chi connectivity index (χ0) is 29.5. The van der Waals surface area contributed by atoms with Crippen LogP contribution in [0.4, 0.5) is 28.9 Å². The van der Waals surface area contributed by atoms with Crippen LogP contribution in [-0.2, 0) is 14.4 Å². The molecule has 3 N–H and O–H groups in total. The Kier molecular flexibility index (Phi) is 10.2. The van der Waals surface area contributed by atoms with Crippen molar-refractivity contribution in [1.29, 1.82) is 0 Å². The molecule has 0 radical (unpaired) electrons. The number of piperazine rings is 1. The van der Waals surface area contributed by atoms with Crippen molar-refractivity contribution in [2.45, 2.75) is 18.6 Å². The van der Waals surface area contributed by atoms with Gasteiger partial charge in [0.15, 0.2) is 5.78 Å². The number of hydrogen-bond donors (Lipinski definition) is 3. The zero-order valence-corrected chi connectivity index (χ0v) is 20.3. The number of fused-ring (bicyclic) bond motifs is 1. The molecule has 1 aromatic heterocycles. The van der Waals surface area contributed by atoms with Crippen molar-refractivity contribution in [3.63, 3.8) is 0 Å². The molecule has 2 aromatic rings.